The van der Waals surface area contributed by atoms with Crippen LogP contribution in [0.5, 0.6) is 0 Å². The lowest BCUT2D eigenvalue weighted by Gasteiger charge is -2.05. The monoisotopic (exact) mass is 228 g/mol. The Morgan fingerprint density at radius 2 is 1.76 bits per heavy atom. The molecule has 1 nitrogen and oxygen atoms in total. The van der Waals surface area contributed by atoms with Crippen molar-refractivity contribution in [3.63, 3.8) is 0 Å². The average Bonchev–Trinajstić information content (AvgIpc) is 2.29. The summed E-state index contributed by atoms with van der Waals surface area (Å²) < 4.78 is 13.4. The van der Waals surface area contributed by atoms with E-state index >= 15 is 0 Å². The molecule has 0 bridgehead atoms. The molecule has 0 aliphatic carbocycles. The Hall–Kier alpha value is -1.96. The Morgan fingerprint density at radius 3 is 2.41 bits per heavy atom. The molecule has 2 rings (SSSR count). The SMILES string of the molecule is CC(=O)c1cc(-c2cccc(C)c2)ccc1F. The molecule has 0 amide bonds. The quantitative estimate of drug-likeness (QED) is 0.710. The second kappa shape index (κ2) is 4.50. The van der Waals surface area contributed by atoms with Crippen LogP contribution in [0.1, 0.15) is 22.8 Å². The molecule has 0 atom stereocenters. The highest BCUT2D eigenvalue weighted by atomic mass is 19.1. The van der Waals surface area contributed by atoms with Crippen molar-refractivity contribution in [2.45, 2.75) is 13.8 Å². The Balaban J connectivity index is 2.54. The van der Waals surface area contributed by atoms with E-state index in [0.717, 1.165) is 16.7 Å². The molecule has 0 aliphatic rings. The van der Waals surface area contributed by atoms with Gasteiger partial charge in [0, 0.05) is 0 Å². The fourth-order valence-electron chi connectivity index (χ4n) is 1.80. The average molecular weight is 228 g/mol. The second-order valence-electron chi connectivity index (χ2n) is 4.12. The molecule has 0 N–H and O–H groups in total. The molecule has 0 saturated carbocycles. The Morgan fingerprint density at radius 1 is 1.06 bits per heavy atom. The third-order valence-electron chi connectivity index (χ3n) is 2.70. The van der Waals surface area contributed by atoms with Gasteiger partial charge in [0.05, 0.1) is 5.56 Å². The summed E-state index contributed by atoms with van der Waals surface area (Å²) in [5.74, 6) is -0.717. The lowest BCUT2D eigenvalue weighted by Crippen LogP contribution is -1.97. The van der Waals surface area contributed by atoms with Gasteiger partial charge in [0.25, 0.3) is 0 Å². The summed E-state index contributed by atoms with van der Waals surface area (Å²) in [4.78, 5) is 11.3. The first-order valence-corrected chi connectivity index (χ1v) is 5.45. The van der Waals surface area contributed by atoms with E-state index in [9.17, 15) is 9.18 Å². The van der Waals surface area contributed by atoms with Crippen molar-refractivity contribution in [1.29, 1.82) is 0 Å². The molecular weight excluding hydrogens is 215 g/mol. The normalized spacial score (nSPS) is 10.3. The number of Topliss-reactive ketones (excluding diaryl/α,β-unsaturated/α-hetero) is 1. The van der Waals surface area contributed by atoms with Crippen LogP contribution in [-0.4, -0.2) is 5.78 Å². The highest BCUT2D eigenvalue weighted by Crippen LogP contribution is 2.23. The van der Waals surface area contributed by atoms with Crippen molar-refractivity contribution < 1.29 is 9.18 Å². The first-order chi connectivity index (χ1) is 8.08. The minimum atomic E-state index is -0.464. The van der Waals surface area contributed by atoms with E-state index in [4.69, 9.17) is 0 Å². The van der Waals surface area contributed by atoms with Crippen molar-refractivity contribution in [1.82, 2.24) is 0 Å². The molecule has 0 aromatic heterocycles. The molecule has 0 fully saturated rings. The molecule has 0 unspecified atom stereocenters. The highest BCUT2D eigenvalue weighted by Gasteiger charge is 2.08. The molecule has 86 valence electrons. The van der Waals surface area contributed by atoms with Gasteiger partial charge in [-0.2, -0.15) is 0 Å². The summed E-state index contributed by atoms with van der Waals surface area (Å²) in [6.07, 6.45) is 0. The fourth-order valence-corrected chi connectivity index (χ4v) is 1.80. The number of carbonyl (C=O) groups is 1. The first kappa shape index (κ1) is 11.5. The first-order valence-electron chi connectivity index (χ1n) is 5.45. The number of benzene rings is 2. The van der Waals surface area contributed by atoms with Crippen LogP contribution in [0.15, 0.2) is 42.5 Å². The maximum atomic E-state index is 13.4. The van der Waals surface area contributed by atoms with Gasteiger partial charge < -0.3 is 0 Å². The van der Waals surface area contributed by atoms with E-state index < -0.39 is 5.82 Å². The Bertz CT molecular complexity index is 573. The van der Waals surface area contributed by atoms with E-state index in [-0.39, 0.29) is 11.3 Å². The smallest absolute Gasteiger partial charge is 0.162 e. The number of hydrogen-bond acceptors (Lipinski definition) is 1. The predicted molar refractivity (Wildman–Crippen MR) is 66.6 cm³/mol. The molecular formula is C15H13FO. The van der Waals surface area contributed by atoms with Crippen molar-refractivity contribution in [2.75, 3.05) is 0 Å². The molecule has 2 heteroatoms. The molecule has 0 aliphatic heterocycles. The number of rotatable bonds is 2. The molecule has 0 radical (unpaired) electrons. The number of halogens is 1. The number of ketones is 1. The lowest BCUT2D eigenvalue weighted by atomic mass is 10.00. The Kier molecular flexibility index (Phi) is 3.05. The largest absolute Gasteiger partial charge is 0.294 e. The zero-order valence-electron chi connectivity index (χ0n) is 9.83. The third kappa shape index (κ3) is 2.41. The summed E-state index contributed by atoms with van der Waals surface area (Å²) in [6.45, 7) is 3.37. The molecule has 2 aromatic rings. The van der Waals surface area contributed by atoms with Gasteiger partial charge in [0.1, 0.15) is 5.82 Å². The number of carbonyl (C=O) groups excluding carboxylic acids is 1. The van der Waals surface area contributed by atoms with Crippen molar-refractivity contribution >= 4 is 5.78 Å². The summed E-state index contributed by atoms with van der Waals surface area (Å²) in [6, 6.07) is 12.5. The molecule has 17 heavy (non-hydrogen) atoms. The Labute approximate surface area is 99.9 Å². The van der Waals surface area contributed by atoms with Crippen LogP contribution in [0.25, 0.3) is 11.1 Å². The fraction of sp³-hybridized carbons (Fsp3) is 0.133. The second-order valence-corrected chi connectivity index (χ2v) is 4.12. The topological polar surface area (TPSA) is 17.1 Å². The van der Waals surface area contributed by atoms with Crippen LogP contribution in [0.4, 0.5) is 4.39 Å². The van der Waals surface area contributed by atoms with E-state index in [1.165, 1.54) is 13.0 Å². The summed E-state index contributed by atoms with van der Waals surface area (Å²) in [5.41, 5.74) is 3.13. The zero-order chi connectivity index (χ0) is 12.4. The number of hydrogen-bond donors (Lipinski definition) is 0. The maximum absolute atomic E-state index is 13.4. The van der Waals surface area contributed by atoms with Crippen molar-refractivity contribution in [2.24, 2.45) is 0 Å². The van der Waals surface area contributed by atoms with Gasteiger partial charge in [-0.3, -0.25) is 4.79 Å². The van der Waals surface area contributed by atoms with E-state index in [1.807, 2.05) is 31.2 Å². The third-order valence-corrected chi connectivity index (χ3v) is 2.70. The highest BCUT2D eigenvalue weighted by molar-refractivity contribution is 5.95. The minimum Gasteiger partial charge on any atom is -0.294 e. The van der Waals surface area contributed by atoms with Crippen molar-refractivity contribution in [3.05, 3.63) is 59.4 Å². The van der Waals surface area contributed by atoms with Crippen LogP contribution in [-0.2, 0) is 0 Å². The van der Waals surface area contributed by atoms with Gasteiger partial charge in [0.2, 0.25) is 0 Å². The van der Waals surface area contributed by atoms with Gasteiger partial charge >= 0.3 is 0 Å². The van der Waals surface area contributed by atoms with Gasteiger partial charge in [-0.05, 0) is 37.1 Å². The molecule has 0 saturated heterocycles. The van der Waals surface area contributed by atoms with Crippen LogP contribution in [0.3, 0.4) is 0 Å². The summed E-state index contributed by atoms with van der Waals surface area (Å²) in [5, 5.41) is 0. The van der Waals surface area contributed by atoms with Gasteiger partial charge in [-0.15, -0.1) is 0 Å². The van der Waals surface area contributed by atoms with E-state index in [0.29, 0.717) is 0 Å². The lowest BCUT2D eigenvalue weighted by molar-refractivity contribution is 0.101. The van der Waals surface area contributed by atoms with Crippen LogP contribution >= 0.6 is 0 Å². The predicted octanol–water partition coefficient (Wildman–Crippen LogP) is 4.00. The molecule has 0 spiro atoms. The van der Waals surface area contributed by atoms with Crippen LogP contribution < -0.4 is 0 Å². The zero-order valence-corrected chi connectivity index (χ0v) is 9.83. The number of aryl methyl sites for hydroxylation is 1. The van der Waals surface area contributed by atoms with Gasteiger partial charge in [-0.25, -0.2) is 4.39 Å². The van der Waals surface area contributed by atoms with Gasteiger partial charge in [-0.1, -0.05) is 35.9 Å². The van der Waals surface area contributed by atoms with Crippen molar-refractivity contribution in [3.8, 4) is 11.1 Å². The van der Waals surface area contributed by atoms with Crippen LogP contribution in [0, 0.1) is 12.7 Å². The summed E-state index contributed by atoms with van der Waals surface area (Å²) in [7, 11) is 0. The standard InChI is InChI=1S/C15H13FO/c1-10-4-3-5-12(8-10)13-6-7-15(16)14(9-13)11(2)17/h3-9H,1-2H3. The van der Waals surface area contributed by atoms with Gasteiger partial charge in [0.15, 0.2) is 5.78 Å². The molecule has 2 aromatic carbocycles. The van der Waals surface area contributed by atoms with Crippen LogP contribution in [0.2, 0.25) is 0 Å². The van der Waals surface area contributed by atoms with E-state index in [2.05, 4.69) is 0 Å². The maximum Gasteiger partial charge on any atom is 0.162 e. The molecule has 0 heterocycles. The summed E-state index contributed by atoms with van der Waals surface area (Å²) >= 11 is 0. The van der Waals surface area contributed by atoms with E-state index in [1.54, 1.807) is 12.1 Å². The minimum absolute atomic E-state index is 0.143.